The largest absolute Gasteiger partial charge is 0.207 e. The Morgan fingerprint density at radius 2 is 1.79 bits per heavy atom. The van der Waals surface area contributed by atoms with E-state index in [0.29, 0.717) is 15.1 Å². The van der Waals surface area contributed by atoms with Crippen molar-refractivity contribution in [3.8, 4) is 0 Å². The molecular weight excluding hydrogens is 266 g/mol. The third-order valence-corrected chi connectivity index (χ3v) is 2.86. The highest BCUT2D eigenvalue weighted by Gasteiger charge is 2.09. The van der Waals surface area contributed by atoms with Crippen molar-refractivity contribution in [1.82, 2.24) is 0 Å². The van der Waals surface area contributed by atoms with Crippen molar-refractivity contribution in [2.24, 2.45) is 0 Å². The summed E-state index contributed by atoms with van der Waals surface area (Å²) in [5.74, 6) is -0.0446. The summed E-state index contributed by atoms with van der Waals surface area (Å²) in [7, 11) is 0. The zero-order chi connectivity index (χ0) is 11.3. The van der Waals surface area contributed by atoms with E-state index >= 15 is 0 Å². The molecule has 0 spiro atoms. The Labute approximate surface area is 98.6 Å². The van der Waals surface area contributed by atoms with E-state index in [4.69, 9.17) is 11.6 Å². The average Bonchev–Trinajstić information content (AvgIpc) is 2.14. The number of benzene rings is 1. The minimum atomic E-state index is -0.207. The van der Waals surface area contributed by atoms with Crippen molar-refractivity contribution >= 4 is 27.5 Å². The van der Waals surface area contributed by atoms with E-state index in [1.165, 1.54) is 6.07 Å². The van der Waals surface area contributed by atoms with Gasteiger partial charge in [0.15, 0.2) is 0 Å². The molecule has 0 amide bonds. The molecule has 0 bridgehead atoms. The molecule has 0 aliphatic carbocycles. The molecule has 0 nitrogen and oxygen atoms in total. The quantitative estimate of drug-likeness (QED) is 0.605. The van der Waals surface area contributed by atoms with Gasteiger partial charge in [-0.05, 0) is 39.5 Å². The summed E-state index contributed by atoms with van der Waals surface area (Å²) in [4.78, 5) is 0. The number of rotatable bonds is 1. The van der Waals surface area contributed by atoms with Crippen LogP contribution in [0.4, 0.5) is 4.39 Å². The molecule has 0 aromatic heterocycles. The second-order valence-electron chi connectivity index (χ2n) is 2.94. The summed E-state index contributed by atoms with van der Waals surface area (Å²) in [6.07, 6.45) is 0. The standard InChI is InChI=1S/C9H9BrClF.C2H6/c1-5(2)6-3-8(11)7(10)4-9(6)12;1-2/h3-5H,1-2H3;1-2H3. The predicted octanol–water partition coefficient (Wildman–Crippen LogP) is 5.39. The summed E-state index contributed by atoms with van der Waals surface area (Å²) in [6, 6.07) is 3.06. The molecule has 0 aliphatic rings. The van der Waals surface area contributed by atoms with Gasteiger partial charge in [-0.1, -0.05) is 39.3 Å². The lowest BCUT2D eigenvalue weighted by molar-refractivity contribution is 0.597. The van der Waals surface area contributed by atoms with Crippen LogP contribution in [0.3, 0.4) is 0 Å². The highest BCUT2D eigenvalue weighted by molar-refractivity contribution is 9.10. The van der Waals surface area contributed by atoms with E-state index in [0.717, 1.165) is 0 Å². The highest BCUT2D eigenvalue weighted by Crippen LogP contribution is 2.29. The van der Waals surface area contributed by atoms with Crippen molar-refractivity contribution in [3.05, 3.63) is 33.0 Å². The maximum absolute atomic E-state index is 13.2. The Kier molecular flexibility index (Phi) is 6.38. The first kappa shape index (κ1) is 13.9. The Balaban J connectivity index is 0.000000791. The maximum Gasteiger partial charge on any atom is 0.127 e. The molecule has 0 atom stereocenters. The van der Waals surface area contributed by atoms with E-state index in [1.54, 1.807) is 6.07 Å². The van der Waals surface area contributed by atoms with Crippen LogP contribution in [0, 0.1) is 5.82 Å². The zero-order valence-electron chi connectivity index (χ0n) is 8.87. The van der Waals surface area contributed by atoms with Gasteiger partial charge in [-0.25, -0.2) is 4.39 Å². The smallest absolute Gasteiger partial charge is 0.127 e. The van der Waals surface area contributed by atoms with Crippen LogP contribution in [-0.4, -0.2) is 0 Å². The van der Waals surface area contributed by atoms with Gasteiger partial charge in [0.1, 0.15) is 5.82 Å². The molecule has 0 N–H and O–H groups in total. The first-order chi connectivity index (χ1) is 6.52. The van der Waals surface area contributed by atoms with Crippen molar-refractivity contribution in [3.63, 3.8) is 0 Å². The summed E-state index contributed by atoms with van der Waals surface area (Å²) < 4.78 is 13.8. The number of halogens is 3. The Hall–Kier alpha value is -0.0800. The van der Waals surface area contributed by atoms with E-state index in [9.17, 15) is 4.39 Å². The minimum absolute atomic E-state index is 0.163. The topological polar surface area (TPSA) is 0 Å². The second-order valence-corrected chi connectivity index (χ2v) is 4.20. The molecule has 1 aromatic rings. The SMILES string of the molecule is CC.CC(C)c1cc(Cl)c(Br)cc1F. The van der Waals surface area contributed by atoms with Crippen LogP contribution in [0.5, 0.6) is 0 Å². The number of hydrogen-bond donors (Lipinski definition) is 0. The third kappa shape index (κ3) is 3.58. The minimum Gasteiger partial charge on any atom is -0.207 e. The van der Waals surface area contributed by atoms with Crippen LogP contribution >= 0.6 is 27.5 Å². The normalized spacial score (nSPS) is 9.71. The fourth-order valence-corrected chi connectivity index (χ4v) is 1.47. The van der Waals surface area contributed by atoms with Crippen LogP contribution in [0.15, 0.2) is 16.6 Å². The first-order valence-electron chi connectivity index (χ1n) is 4.67. The van der Waals surface area contributed by atoms with E-state index in [2.05, 4.69) is 15.9 Å². The van der Waals surface area contributed by atoms with Crippen LogP contribution in [0.2, 0.25) is 5.02 Å². The van der Waals surface area contributed by atoms with Gasteiger partial charge in [-0.2, -0.15) is 0 Å². The number of hydrogen-bond acceptors (Lipinski definition) is 0. The Morgan fingerprint density at radius 1 is 1.29 bits per heavy atom. The van der Waals surface area contributed by atoms with Gasteiger partial charge in [-0.15, -0.1) is 0 Å². The molecule has 1 aromatic carbocycles. The lowest BCUT2D eigenvalue weighted by atomic mass is 10.0. The van der Waals surface area contributed by atoms with Gasteiger partial charge in [0.05, 0.1) is 5.02 Å². The monoisotopic (exact) mass is 280 g/mol. The maximum atomic E-state index is 13.2. The van der Waals surface area contributed by atoms with Crippen molar-refractivity contribution in [1.29, 1.82) is 0 Å². The van der Waals surface area contributed by atoms with Gasteiger partial charge in [0.2, 0.25) is 0 Å². The Morgan fingerprint density at radius 3 is 2.21 bits per heavy atom. The molecule has 1 rings (SSSR count). The van der Waals surface area contributed by atoms with Crippen molar-refractivity contribution in [2.75, 3.05) is 0 Å². The van der Waals surface area contributed by atoms with Crippen LogP contribution in [0.1, 0.15) is 39.2 Å². The van der Waals surface area contributed by atoms with Gasteiger partial charge in [0, 0.05) is 4.47 Å². The van der Waals surface area contributed by atoms with Gasteiger partial charge >= 0.3 is 0 Å². The van der Waals surface area contributed by atoms with Crippen molar-refractivity contribution in [2.45, 2.75) is 33.6 Å². The summed E-state index contributed by atoms with van der Waals surface area (Å²) in [6.45, 7) is 7.87. The fourth-order valence-electron chi connectivity index (χ4n) is 0.980. The van der Waals surface area contributed by atoms with Crippen molar-refractivity contribution < 1.29 is 4.39 Å². The molecule has 0 heterocycles. The highest BCUT2D eigenvalue weighted by atomic mass is 79.9. The summed E-state index contributed by atoms with van der Waals surface area (Å²) in [5.41, 5.74) is 0.656. The second kappa shape index (κ2) is 6.41. The molecular formula is C11H15BrClF. The van der Waals surface area contributed by atoms with E-state index in [1.807, 2.05) is 27.7 Å². The van der Waals surface area contributed by atoms with Crippen LogP contribution in [-0.2, 0) is 0 Å². The first-order valence-corrected chi connectivity index (χ1v) is 5.84. The zero-order valence-corrected chi connectivity index (χ0v) is 11.2. The fraction of sp³-hybridized carbons (Fsp3) is 0.455. The molecule has 0 saturated carbocycles. The summed E-state index contributed by atoms with van der Waals surface area (Å²) in [5, 5.41) is 0.556. The third-order valence-electron chi connectivity index (χ3n) is 1.66. The van der Waals surface area contributed by atoms with Crippen LogP contribution < -0.4 is 0 Å². The predicted molar refractivity (Wildman–Crippen MR) is 64.5 cm³/mol. The van der Waals surface area contributed by atoms with Crippen LogP contribution in [0.25, 0.3) is 0 Å². The van der Waals surface area contributed by atoms with Gasteiger partial charge in [-0.3, -0.25) is 0 Å². The molecule has 3 heteroatoms. The molecule has 0 radical (unpaired) electrons. The van der Waals surface area contributed by atoms with E-state index < -0.39 is 0 Å². The molecule has 80 valence electrons. The molecule has 14 heavy (non-hydrogen) atoms. The lowest BCUT2D eigenvalue weighted by Gasteiger charge is -2.07. The van der Waals surface area contributed by atoms with Gasteiger partial charge in [0.25, 0.3) is 0 Å². The summed E-state index contributed by atoms with van der Waals surface area (Å²) >= 11 is 8.97. The lowest BCUT2D eigenvalue weighted by Crippen LogP contribution is -1.92. The molecule has 0 saturated heterocycles. The average molecular weight is 282 g/mol. The Bertz CT molecular complexity index is 298. The molecule has 0 fully saturated rings. The van der Waals surface area contributed by atoms with Gasteiger partial charge < -0.3 is 0 Å². The molecule has 0 unspecified atom stereocenters. The van der Waals surface area contributed by atoms with E-state index in [-0.39, 0.29) is 11.7 Å². The molecule has 0 aliphatic heterocycles.